The predicted molar refractivity (Wildman–Crippen MR) is 89.2 cm³/mol. The van der Waals surface area contributed by atoms with Gasteiger partial charge in [0.2, 0.25) is 0 Å². The van der Waals surface area contributed by atoms with Crippen LogP contribution in [0.1, 0.15) is 30.7 Å². The Kier molecular flexibility index (Phi) is 4.93. The molecule has 1 aliphatic heterocycles. The van der Waals surface area contributed by atoms with Gasteiger partial charge in [0.05, 0.1) is 32.1 Å². The molecule has 0 bridgehead atoms. The van der Waals surface area contributed by atoms with Gasteiger partial charge in [0, 0.05) is 13.5 Å². The maximum Gasteiger partial charge on any atom is 0.318 e. The lowest BCUT2D eigenvalue weighted by Gasteiger charge is -2.21. The van der Waals surface area contributed by atoms with Gasteiger partial charge in [-0.05, 0) is 36.8 Å². The number of carbonyl (C=O) groups excluding carboxylic acids is 1. The first-order valence-corrected chi connectivity index (χ1v) is 8.07. The second-order valence-corrected chi connectivity index (χ2v) is 5.86. The second kappa shape index (κ2) is 7.29. The van der Waals surface area contributed by atoms with E-state index in [1.165, 1.54) is 0 Å². The zero-order chi connectivity index (χ0) is 16.9. The van der Waals surface area contributed by atoms with E-state index in [1.54, 1.807) is 18.2 Å². The van der Waals surface area contributed by atoms with Gasteiger partial charge in [-0.25, -0.2) is 4.79 Å². The summed E-state index contributed by atoms with van der Waals surface area (Å²) in [6, 6.07) is 9.12. The van der Waals surface area contributed by atoms with Gasteiger partial charge < -0.3 is 24.1 Å². The first kappa shape index (κ1) is 16.2. The first-order chi connectivity index (χ1) is 11.6. The van der Waals surface area contributed by atoms with E-state index in [4.69, 9.17) is 13.9 Å². The highest BCUT2D eigenvalue weighted by molar-refractivity contribution is 5.74. The smallest absolute Gasteiger partial charge is 0.318 e. The van der Waals surface area contributed by atoms with Crippen LogP contribution >= 0.6 is 0 Å². The third kappa shape index (κ3) is 3.82. The van der Waals surface area contributed by atoms with Gasteiger partial charge in [-0.2, -0.15) is 0 Å². The summed E-state index contributed by atoms with van der Waals surface area (Å²) in [7, 11) is 1.73. The molecule has 6 nitrogen and oxygen atoms in total. The molecule has 0 aliphatic carbocycles. The molecule has 0 spiro atoms. The fourth-order valence-corrected chi connectivity index (χ4v) is 2.54. The zero-order valence-electron chi connectivity index (χ0n) is 14.0. The molecular weight excluding hydrogens is 308 g/mol. The molecule has 24 heavy (non-hydrogen) atoms. The van der Waals surface area contributed by atoms with E-state index in [1.807, 2.05) is 37.3 Å². The van der Waals surface area contributed by atoms with E-state index in [0.717, 1.165) is 29.2 Å². The van der Waals surface area contributed by atoms with Crippen LogP contribution in [-0.2, 0) is 6.54 Å². The van der Waals surface area contributed by atoms with Crippen molar-refractivity contribution < 1.29 is 18.7 Å². The fourth-order valence-electron chi connectivity index (χ4n) is 2.54. The molecular formula is C18H22N2O4. The molecule has 6 heteroatoms. The molecule has 0 saturated heterocycles. The van der Waals surface area contributed by atoms with Gasteiger partial charge in [-0.1, -0.05) is 6.07 Å². The Bertz CT molecular complexity index is 684. The lowest BCUT2D eigenvalue weighted by atomic mass is 10.1. The molecule has 1 aromatic carbocycles. The molecule has 3 rings (SSSR count). The van der Waals surface area contributed by atoms with Crippen molar-refractivity contribution in [2.24, 2.45) is 0 Å². The molecule has 2 heterocycles. The van der Waals surface area contributed by atoms with E-state index in [2.05, 4.69) is 5.32 Å². The minimum Gasteiger partial charge on any atom is -0.490 e. The van der Waals surface area contributed by atoms with Crippen molar-refractivity contribution in [2.45, 2.75) is 25.9 Å². The maximum absolute atomic E-state index is 12.3. The molecule has 0 unspecified atom stereocenters. The van der Waals surface area contributed by atoms with Crippen LogP contribution in [-0.4, -0.2) is 31.2 Å². The standard InChI is InChI=1S/C18H22N2O4/c1-13(19-18(21)20(2)12-15-5-3-8-22-15)14-6-7-16-17(11-14)24-10-4-9-23-16/h3,5-8,11,13H,4,9-10,12H2,1-2H3,(H,19,21)/t13-/m1/s1. The monoisotopic (exact) mass is 330 g/mol. The normalized spacial score (nSPS) is 14.6. The summed E-state index contributed by atoms with van der Waals surface area (Å²) >= 11 is 0. The number of nitrogens with one attached hydrogen (secondary N) is 1. The van der Waals surface area contributed by atoms with Gasteiger partial charge in [-0.15, -0.1) is 0 Å². The van der Waals surface area contributed by atoms with E-state index in [0.29, 0.717) is 19.8 Å². The highest BCUT2D eigenvalue weighted by Gasteiger charge is 2.17. The number of ether oxygens (including phenoxy) is 2. The zero-order valence-corrected chi connectivity index (χ0v) is 14.0. The quantitative estimate of drug-likeness (QED) is 0.934. The lowest BCUT2D eigenvalue weighted by Crippen LogP contribution is -2.38. The van der Waals surface area contributed by atoms with Crippen LogP contribution in [0.2, 0.25) is 0 Å². The Morgan fingerprint density at radius 3 is 2.79 bits per heavy atom. The number of benzene rings is 1. The highest BCUT2D eigenvalue weighted by Crippen LogP contribution is 2.32. The van der Waals surface area contributed by atoms with Crippen LogP contribution in [0, 0.1) is 0 Å². The summed E-state index contributed by atoms with van der Waals surface area (Å²) in [5.74, 6) is 2.23. The molecule has 1 N–H and O–H groups in total. The summed E-state index contributed by atoms with van der Waals surface area (Å²) < 4.78 is 16.6. The Morgan fingerprint density at radius 1 is 1.25 bits per heavy atom. The van der Waals surface area contributed by atoms with Gasteiger partial charge in [0.15, 0.2) is 11.5 Å². The summed E-state index contributed by atoms with van der Waals surface area (Å²) in [6.07, 6.45) is 2.47. The summed E-state index contributed by atoms with van der Waals surface area (Å²) in [6.45, 7) is 3.67. The van der Waals surface area contributed by atoms with Crippen LogP contribution in [0.3, 0.4) is 0 Å². The Hall–Kier alpha value is -2.63. The van der Waals surface area contributed by atoms with Crippen molar-refractivity contribution in [1.29, 1.82) is 0 Å². The van der Waals surface area contributed by atoms with Gasteiger partial charge in [-0.3, -0.25) is 0 Å². The van der Waals surface area contributed by atoms with Crippen molar-refractivity contribution in [1.82, 2.24) is 10.2 Å². The molecule has 0 saturated carbocycles. The van der Waals surface area contributed by atoms with E-state index < -0.39 is 0 Å². The third-order valence-corrected chi connectivity index (χ3v) is 3.93. The molecule has 1 aliphatic rings. The van der Waals surface area contributed by atoms with Crippen molar-refractivity contribution in [2.75, 3.05) is 20.3 Å². The fraction of sp³-hybridized carbons (Fsp3) is 0.389. The molecule has 2 amide bonds. The average molecular weight is 330 g/mol. The molecule has 1 aromatic heterocycles. The number of amides is 2. The van der Waals surface area contributed by atoms with Crippen molar-refractivity contribution in [3.8, 4) is 11.5 Å². The summed E-state index contributed by atoms with van der Waals surface area (Å²) in [4.78, 5) is 13.9. The van der Waals surface area contributed by atoms with Gasteiger partial charge >= 0.3 is 6.03 Å². The van der Waals surface area contributed by atoms with Crippen molar-refractivity contribution in [3.63, 3.8) is 0 Å². The predicted octanol–water partition coefficient (Wildman–Crippen LogP) is 3.34. The largest absolute Gasteiger partial charge is 0.490 e. The minimum atomic E-state index is -0.161. The van der Waals surface area contributed by atoms with E-state index >= 15 is 0 Å². The number of urea groups is 1. The number of rotatable bonds is 4. The molecule has 0 radical (unpaired) electrons. The van der Waals surface area contributed by atoms with Crippen LogP contribution in [0.5, 0.6) is 11.5 Å². The molecule has 0 fully saturated rings. The van der Waals surface area contributed by atoms with Gasteiger partial charge in [0.1, 0.15) is 5.76 Å². The Morgan fingerprint density at radius 2 is 2.04 bits per heavy atom. The minimum absolute atomic E-state index is 0.145. The van der Waals surface area contributed by atoms with Gasteiger partial charge in [0.25, 0.3) is 0 Å². The van der Waals surface area contributed by atoms with Crippen LogP contribution in [0.15, 0.2) is 41.0 Å². The molecule has 1 atom stereocenters. The Balaban J connectivity index is 1.62. The second-order valence-electron chi connectivity index (χ2n) is 5.86. The average Bonchev–Trinajstić information content (AvgIpc) is 2.97. The number of nitrogens with zero attached hydrogens (tertiary/aromatic N) is 1. The summed E-state index contributed by atoms with van der Waals surface area (Å²) in [5, 5.41) is 2.98. The maximum atomic E-state index is 12.3. The Labute approximate surface area is 141 Å². The van der Waals surface area contributed by atoms with Crippen molar-refractivity contribution >= 4 is 6.03 Å². The lowest BCUT2D eigenvalue weighted by molar-refractivity contribution is 0.199. The highest BCUT2D eigenvalue weighted by atomic mass is 16.5. The molecule has 2 aromatic rings. The number of hydrogen-bond acceptors (Lipinski definition) is 4. The van der Waals surface area contributed by atoms with Crippen molar-refractivity contribution in [3.05, 3.63) is 47.9 Å². The third-order valence-electron chi connectivity index (χ3n) is 3.93. The topological polar surface area (TPSA) is 63.9 Å². The molecule has 128 valence electrons. The van der Waals surface area contributed by atoms with Crippen LogP contribution < -0.4 is 14.8 Å². The number of fused-ring (bicyclic) bond motifs is 1. The number of furan rings is 1. The van der Waals surface area contributed by atoms with Crippen LogP contribution in [0.4, 0.5) is 4.79 Å². The number of carbonyl (C=O) groups is 1. The number of hydrogen-bond donors (Lipinski definition) is 1. The SMILES string of the molecule is C[C@@H](NC(=O)N(C)Cc1ccco1)c1ccc2c(c1)OCCCO2. The van der Waals surface area contributed by atoms with Crippen LogP contribution in [0.25, 0.3) is 0 Å². The first-order valence-electron chi connectivity index (χ1n) is 8.07. The van der Waals surface area contributed by atoms with E-state index in [-0.39, 0.29) is 12.1 Å². The van der Waals surface area contributed by atoms with E-state index in [9.17, 15) is 4.79 Å². The summed E-state index contributed by atoms with van der Waals surface area (Å²) in [5.41, 5.74) is 0.971.